The molecule has 3 heterocycles. The molecule has 0 saturated carbocycles. The molecule has 2 aliphatic rings. The molecule has 9 nitrogen and oxygen atoms in total. The molecule has 0 unspecified atom stereocenters. The van der Waals surface area contributed by atoms with Crippen molar-refractivity contribution in [3.8, 4) is 11.5 Å². The largest absolute Gasteiger partial charge is 0.497 e. The molecule has 2 aliphatic heterocycles. The van der Waals surface area contributed by atoms with Crippen molar-refractivity contribution < 1.29 is 23.9 Å². The van der Waals surface area contributed by atoms with E-state index in [2.05, 4.69) is 10.3 Å². The molecule has 2 aromatic rings. The van der Waals surface area contributed by atoms with Crippen LogP contribution in [0.25, 0.3) is 0 Å². The number of fused-ring (bicyclic) bond motifs is 1. The monoisotopic (exact) mass is 410 g/mol. The highest BCUT2D eigenvalue weighted by Gasteiger charge is 2.49. The number of ether oxygens (including phenoxy) is 2. The van der Waals surface area contributed by atoms with Gasteiger partial charge in [-0.1, -0.05) is 0 Å². The van der Waals surface area contributed by atoms with Crippen molar-refractivity contribution in [3.63, 3.8) is 0 Å². The number of nitrogens with zero attached hydrogens (tertiary/aromatic N) is 3. The summed E-state index contributed by atoms with van der Waals surface area (Å²) in [4.78, 5) is 45.1. The van der Waals surface area contributed by atoms with E-state index in [1.807, 2.05) is 0 Å². The molecule has 4 rings (SSSR count). The summed E-state index contributed by atoms with van der Waals surface area (Å²) in [5, 5.41) is 2.96. The second-order valence-electron chi connectivity index (χ2n) is 7.17. The molecule has 0 bridgehead atoms. The fourth-order valence-corrected chi connectivity index (χ4v) is 3.86. The maximum absolute atomic E-state index is 13.1. The third-order valence-electron chi connectivity index (χ3n) is 5.42. The Kier molecular flexibility index (Phi) is 5.26. The molecular weight excluding hydrogens is 388 g/mol. The number of amides is 4. The van der Waals surface area contributed by atoms with E-state index in [1.54, 1.807) is 47.6 Å². The molecule has 30 heavy (non-hydrogen) atoms. The smallest absolute Gasteiger partial charge is 0.332 e. The van der Waals surface area contributed by atoms with Crippen LogP contribution in [0, 0.1) is 0 Å². The highest BCUT2D eigenvalue weighted by molar-refractivity contribution is 6.21. The highest BCUT2D eigenvalue weighted by atomic mass is 16.5. The van der Waals surface area contributed by atoms with Gasteiger partial charge < -0.3 is 19.7 Å². The lowest BCUT2D eigenvalue weighted by atomic mass is 9.97. The van der Waals surface area contributed by atoms with E-state index in [9.17, 15) is 14.4 Å². The van der Waals surface area contributed by atoms with Gasteiger partial charge in [-0.15, -0.1) is 0 Å². The first-order valence-electron chi connectivity index (χ1n) is 9.60. The van der Waals surface area contributed by atoms with Crippen LogP contribution in [-0.2, 0) is 4.79 Å². The Morgan fingerprint density at radius 1 is 1.10 bits per heavy atom. The van der Waals surface area contributed by atoms with Gasteiger partial charge >= 0.3 is 6.03 Å². The van der Waals surface area contributed by atoms with E-state index in [1.165, 1.54) is 14.2 Å². The number of hydrogen-bond donors (Lipinski definition) is 1. The van der Waals surface area contributed by atoms with E-state index in [4.69, 9.17) is 9.47 Å². The number of piperidine rings is 1. The Labute approximate surface area is 173 Å². The van der Waals surface area contributed by atoms with Crippen molar-refractivity contribution in [2.45, 2.75) is 24.9 Å². The third-order valence-corrected chi connectivity index (χ3v) is 5.42. The minimum Gasteiger partial charge on any atom is -0.497 e. The van der Waals surface area contributed by atoms with E-state index >= 15 is 0 Å². The Bertz CT molecular complexity index is 958. The number of anilines is 1. The predicted molar refractivity (Wildman–Crippen MR) is 108 cm³/mol. The Morgan fingerprint density at radius 3 is 2.40 bits per heavy atom. The second-order valence-corrected chi connectivity index (χ2v) is 7.17. The van der Waals surface area contributed by atoms with Gasteiger partial charge in [0.1, 0.15) is 17.5 Å². The van der Waals surface area contributed by atoms with Gasteiger partial charge in [0.25, 0.3) is 11.8 Å². The van der Waals surface area contributed by atoms with Crippen LogP contribution < -0.4 is 19.7 Å². The number of benzene rings is 1. The summed E-state index contributed by atoms with van der Waals surface area (Å²) in [5.41, 5.74) is 0.902. The molecule has 1 aromatic carbocycles. The summed E-state index contributed by atoms with van der Waals surface area (Å²) in [6.45, 7) is 0.383. The second kappa shape index (κ2) is 8.02. The zero-order valence-electron chi connectivity index (χ0n) is 16.7. The molecule has 0 radical (unpaired) electrons. The summed E-state index contributed by atoms with van der Waals surface area (Å²) < 4.78 is 10.5. The fraction of sp³-hybridized carbons (Fsp3) is 0.333. The topological polar surface area (TPSA) is 101 Å². The molecular formula is C21H22N4O5. The van der Waals surface area contributed by atoms with Gasteiger partial charge in [0, 0.05) is 48.7 Å². The van der Waals surface area contributed by atoms with Crippen LogP contribution in [0.1, 0.15) is 23.2 Å². The fourth-order valence-electron chi connectivity index (χ4n) is 3.86. The van der Waals surface area contributed by atoms with Gasteiger partial charge in [-0.2, -0.15) is 0 Å². The molecule has 2 atom stereocenters. The molecule has 1 N–H and O–H groups in total. The molecule has 9 heteroatoms. The minimum atomic E-state index is -0.619. The van der Waals surface area contributed by atoms with E-state index < -0.39 is 6.04 Å². The molecule has 2 saturated heterocycles. The first-order valence-corrected chi connectivity index (χ1v) is 9.60. The number of nitrogens with one attached hydrogen (secondary N) is 1. The summed E-state index contributed by atoms with van der Waals surface area (Å²) in [5.74, 6) is 0.426. The number of methoxy groups -OCH3 is 2. The van der Waals surface area contributed by atoms with E-state index in [-0.39, 0.29) is 23.9 Å². The van der Waals surface area contributed by atoms with Crippen LogP contribution >= 0.6 is 0 Å². The molecule has 2 fully saturated rings. The number of urea groups is 1. The van der Waals surface area contributed by atoms with Crippen LogP contribution in [-0.4, -0.2) is 60.6 Å². The minimum absolute atomic E-state index is 0.205. The number of imide groups is 1. The average Bonchev–Trinajstić information content (AvgIpc) is 3.03. The number of aromatic nitrogens is 1. The van der Waals surface area contributed by atoms with E-state index in [0.29, 0.717) is 42.1 Å². The van der Waals surface area contributed by atoms with Gasteiger partial charge in [0.15, 0.2) is 0 Å². The molecule has 1 aromatic heterocycles. The lowest BCUT2D eigenvalue weighted by molar-refractivity contribution is -0.120. The van der Waals surface area contributed by atoms with Gasteiger partial charge in [-0.05, 0) is 25.0 Å². The zero-order valence-corrected chi connectivity index (χ0v) is 16.7. The summed E-state index contributed by atoms with van der Waals surface area (Å²) in [6, 6.07) is 6.99. The lowest BCUT2D eigenvalue weighted by Crippen LogP contribution is -2.49. The van der Waals surface area contributed by atoms with Crippen molar-refractivity contribution >= 4 is 23.5 Å². The molecule has 0 aliphatic carbocycles. The maximum atomic E-state index is 13.1. The van der Waals surface area contributed by atoms with Crippen LogP contribution in [0.2, 0.25) is 0 Å². The highest BCUT2D eigenvalue weighted by Crippen LogP contribution is 2.35. The normalized spacial score (nSPS) is 20.7. The number of carbonyl (C=O) groups excluding carboxylic acids is 3. The first kappa shape index (κ1) is 19.7. The summed E-state index contributed by atoms with van der Waals surface area (Å²) in [6.07, 6.45) is 4.04. The van der Waals surface area contributed by atoms with Crippen molar-refractivity contribution in [2.24, 2.45) is 0 Å². The van der Waals surface area contributed by atoms with Gasteiger partial charge in [-0.25, -0.2) is 9.69 Å². The van der Waals surface area contributed by atoms with Crippen molar-refractivity contribution in [1.29, 1.82) is 0 Å². The van der Waals surface area contributed by atoms with Crippen LogP contribution in [0.15, 0.2) is 42.7 Å². The Balaban J connectivity index is 1.52. The van der Waals surface area contributed by atoms with Crippen LogP contribution in [0.3, 0.4) is 0 Å². The summed E-state index contributed by atoms with van der Waals surface area (Å²) >= 11 is 0. The van der Waals surface area contributed by atoms with Crippen molar-refractivity contribution in [2.75, 3.05) is 25.7 Å². The number of carbonyl (C=O) groups is 3. The van der Waals surface area contributed by atoms with Gasteiger partial charge in [0.2, 0.25) is 0 Å². The first-order chi connectivity index (χ1) is 14.5. The Morgan fingerprint density at radius 2 is 1.77 bits per heavy atom. The van der Waals surface area contributed by atoms with E-state index in [0.717, 1.165) is 4.90 Å². The summed E-state index contributed by atoms with van der Waals surface area (Å²) in [7, 11) is 3.01. The number of hydrogen-bond acceptors (Lipinski definition) is 6. The predicted octanol–water partition coefficient (Wildman–Crippen LogP) is 1.83. The van der Waals surface area contributed by atoms with Crippen LogP contribution in [0.5, 0.6) is 11.5 Å². The maximum Gasteiger partial charge on any atom is 0.332 e. The third kappa shape index (κ3) is 3.54. The molecule has 4 amide bonds. The van der Waals surface area contributed by atoms with Gasteiger partial charge in [-0.3, -0.25) is 14.6 Å². The Hall–Kier alpha value is -3.62. The van der Waals surface area contributed by atoms with Gasteiger partial charge in [0.05, 0.1) is 19.9 Å². The van der Waals surface area contributed by atoms with Crippen molar-refractivity contribution in [3.05, 3.63) is 48.3 Å². The average molecular weight is 410 g/mol. The SMILES string of the molecule is COc1cc(OC)cc(N2C(=O)[C@@H]3C[C@@H](NC(=O)c4ccncc4)CCN3C2=O)c1. The lowest BCUT2D eigenvalue weighted by Gasteiger charge is -2.32. The van der Waals surface area contributed by atoms with Crippen molar-refractivity contribution in [1.82, 2.24) is 15.2 Å². The quantitative estimate of drug-likeness (QED) is 0.755. The number of rotatable bonds is 5. The molecule has 156 valence electrons. The zero-order chi connectivity index (χ0) is 21.3. The molecule has 0 spiro atoms. The standard InChI is InChI=1S/C21H22N4O5/c1-29-16-10-15(11-17(12-16)30-2)25-20(27)18-9-14(5-8-24(18)21(25)28)23-19(26)13-3-6-22-7-4-13/h3-4,6-7,10-12,14,18H,5,8-9H2,1-2H3,(H,23,26)/t14-,18-/m0/s1. The number of pyridine rings is 1. The van der Waals surface area contributed by atoms with Crippen LogP contribution in [0.4, 0.5) is 10.5 Å².